The predicted octanol–water partition coefficient (Wildman–Crippen LogP) is 2.34. The molecule has 2 aromatic rings. The fourth-order valence-electron chi connectivity index (χ4n) is 3.32. The van der Waals surface area contributed by atoms with Crippen LogP contribution in [-0.2, 0) is 9.47 Å². The molecule has 1 fully saturated rings. The lowest BCUT2D eigenvalue weighted by atomic mass is 9.92. The number of aromatic amines is 1. The third kappa shape index (κ3) is 3.42. The maximum atomic E-state index is 12.6. The van der Waals surface area contributed by atoms with Gasteiger partial charge in [0.2, 0.25) is 0 Å². The Labute approximate surface area is 159 Å². The largest absolute Gasteiger partial charge is 0.454 e. The third-order valence-corrected chi connectivity index (χ3v) is 4.91. The van der Waals surface area contributed by atoms with Crippen molar-refractivity contribution < 1.29 is 14.3 Å². The molecule has 10 nitrogen and oxygen atoms in total. The maximum Gasteiger partial charge on any atom is 0.338 e. The van der Waals surface area contributed by atoms with Gasteiger partial charge in [-0.1, -0.05) is 37.2 Å². The summed E-state index contributed by atoms with van der Waals surface area (Å²) in [6.45, 7) is 3.48. The van der Waals surface area contributed by atoms with Crippen molar-refractivity contribution in [3.63, 3.8) is 0 Å². The highest BCUT2D eigenvalue weighted by atomic mass is 16.6. The minimum Gasteiger partial charge on any atom is -0.454 e. The van der Waals surface area contributed by atoms with Crippen LogP contribution in [0.5, 0.6) is 0 Å². The maximum absolute atomic E-state index is 12.6. The normalized spacial score (nSPS) is 26.4. The van der Waals surface area contributed by atoms with Crippen molar-refractivity contribution in [3.8, 4) is 0 Å². The SMILES string of the molecule is CC[C@@]1(N=[N+]=[N-])O[C@@H](n2ccc(=O)[nH]c2=O)[C@H](OC(=O)c2ccccc2)[C@@H]1C. The Kier molecular flexibility index (Phi) is 5.34. The summed E-state index contributed by atoms with van der Waals surface area (Å²) in [5.74, 6) is -1.15. The van der Waals surface area contributed by atoms with Crippen LogP contribution in [0.15, 0.2) is 57.3 Å². The zero-order valence-electron chi connectivity index (χ0n) is 15.3. The third-order valence-electron chi connectivity index (χ3n) is 4.91. The monoisotopic (exact) mass is 385 g/mol. The summed E-state index contributed by atoms with van der Waals surface area (Å²) >= 11 is 0. The quantitative estimate of drug-likeness (QED) is 0.364. The van der Waals surface area contributed by atoms with Gasteiger partial charge in [-0.3, -0.25) is 14.3 Å². The summed E-state index contributed by atoms with van der Waals surface area (Å²) in [7, 11) is 0. The molecule has 146 valence electrons. The first-order valence-corrected chi connectivity index (χ1v) is 8.73. The number of hydrogen-bond donors (Lipinski definition) is 1. The number of nitrogens with one attached hydrogen (secondary N) is 1. The van der Waals surface area contributed by atoms with Gasteiger partial charge in [-0.05, 0) is 24.1 Å². The van der Waals surface area contributed by atoms with E-state index in [1.54, 1.807) is 44.2 Å². The molecule has 1 aromatic carbocycles. The number of azide groups is 1. The minimum absolute atomic E-state index is 0.298. The Morgan fingerprint density at radius 1 is 1.36 bits per heavy atom. The molecule has 10 heteroatoms. The summed E-state index contributed by atoms with van der Waals surface area (Å²) in [6.07, 6.45) is -0.449. The molecule has 0 bridgehead atoms. The van der Waals surface area contributed by atoms with Crippen LogP contribution in [0.25, 0.3) is 10.4 Å². The highest BCUT2D eigenvalue weighted by Gasteiger charge is 2.54. The number of carbonyl (C=O) groups is 1. The van der Waals surface area contributed by atoms with E-state index < -0.39 is 41.2 Å². The first kappa shape index (κ1) is 19.4. The first-order valence-electron chi connectivity index (χ1n) is 8.73. The molecule has 0 radical (unpaired) electrons. The summed E-state index contributed by atoms with van der Waals surface area (Å²) in [4.78, 5) is 41.3. The van der Waals surface area contributed by atoms with Crippen LogP contribution in [0, 0.1) is 5.92 Å². The number of ether oxygens (including phenoxy) is 2. The van der Waals surface area contributed by atoms with Crippen LogP contribution in [0.3, 0.4) is 0 Å². The molecule has 0 unspecified atom stereocenters. The second kappa shape index (κ2) is 7.71. The zero-order chi connectivity index (χ0) is 20.3. The molecule has 28 heavy (non-hydrogen) atoms. The number of hydrogen-bond acceptors (Lipinski definition) is 6. The lowest BCUT2D eigenvalue weighted by molar-refractivity contribution is -0.0947. The van der Waals surface area contributed by atoms with E-state index in [1.807, 2.05) is 0 Å². The van der Waals surface area contributed by atoms with E-state index in [4.69, 9.17) is 15.0 Å². The Morgan fingerprint density at radius 3 is 2.68 bits per heavy atom. The molecule has 3 rings (SSSR count). The van der Waals surface area contributed by atoms with Crippen LogP contribution < -0.4 is 11.2 Å². The smallest absolute Gasteiger partial charge is 0.338 e. The molecule has 2 heterocycles. The lowest BCUT2D eigenvalue weighted by Crippen LogP contribution is -2.38. The molecule has 0 spiro atoms. The number of benzene rings is 1. The van der Waals surface area contributed by atoms with Crippen LogP contribution in [0.4, 0.5) is 0 Å². The fourth-order valence-corrected chi connectivity index (χ4v) is 3.32. The van der Waals surface area contributed by atoms with Gasteiger partial charge in [-0.2, -0.15) is 0 Å². The number of nitrogens with zero attached hydrogens (tertiary/aromatic N) is 4. The molecular weight excluding hydrogens is 366 g/mol. The van der Waals surface area contributed by atoms with Gasteiger partial charge >= 0.3 is 11.7 Å². The fraction of sp³-hybridized carbons (Fsp3) is 0.389. The van der Waals surface area contributed by atoms with E-state index in [2.05, 4.69) is 15.0 Å². The van der Waals surface area contributed by atoms with E-state index in [0.717, 1.165) is 10.6 Å². The number of H-pyrrole nitrogens is 1. The number of esters is 1. The van der Waals surface area contributed by atoms with Gasteiger partial charge in [0.15, 0.2) is 18.1 Å². The van der Waals surface area contributed by atoms with E-state index in [-0.39, 0.29) is 0 Å². The van der Waals surface area contributed by atoms with Crippen molar-refractivity contribution in [2.24, 2.45) is 11.0 Å². The van der Waals surface area contributed by atoms with Gasteiger partial charge in [-0.15, -0.1) is 0 Å². The molecule has 1 aliphatic rings. The molecule has 0 saturated carbocycles. The minimum atomic E-state index is -1.31. The average Bonchev–Trinajstić information content (AvgIpc) is 2.95. The van der Waals surface area contributed by atoms with Crippen LogP contribution in [-0.4, -0.2) is 27.3 Å². The Morgan fingerprint density at radius 2 is 2.07 bits per heavy atom. The highest BCUT2D eigenvalue weighted by molar-refractivity contribution is 5.89. The zero-order valence-corrected chi connectivity index (χ0v) is 15.3. The van der Waals surface area contributed by atoms with Crippen LogP contribution in [0.1, 0.15) is 36.9 Å². The highest BCUT2D eigenvalue weighted by Crippen LogP contribution is 2.45. The Hall–Kier alpha value is -3.36. The van der Waals surface area contributed by atoms with Gasteiger partial charge in [0.05, 0.1) is 5.56 Å². The van der Waals surface area contributed by atoms with E-state index in [0.29, 0.717) is 12.0 Å². The summed E-state index contributed by atoms with van der Waals surface area (Å²) in [5, 5.41) is 3.79. The summed E-state index contributed by atoms with van der Waals surface area (Å²) in [6, 6.07) is 9.53. The number of rotatable bonds is 5. The summed E-state index contributed by atoms with van der Waals surface area (Å²) in [5.41, 5.74) is 6.72. The second-order valence-corrected chi connectivity index (χ2v) is 6.44. The van der Waals surface area contributed by atoms with Crippen molar-refractivity contribution in [1.82, 2.24) is 9.55 Å². The Bertz CT molecular complexity index is 1030. The van der Waals surface area contributed by atoms with Gasteiger partial charge in [0, 0.05) is 23.1 Å². The topological polar surface area (TPSA) is 139 Å². The predicted molar refractivity (Wildman–Crippen MR) is 98.4 cm³/mol. The molecule has 0 amide bonds. The van der Waals surface area contributed by atoms with Crippen LogP contribution >= 0.6 is 0 Å². The van der Waals surface area contributed by atoms with Gasteiger partial charge < -0.3 is 9.47 Å². The van der Waals surface area contributed by atoms with Crippen molar-refractivity contribution in [2.45, 2.75) is 38.3 Å². The van der Waals surface area contributed by atoms with Gasteiger partial charge in [0.25, 0.3) is 5.56 Å². The van der Waals surface area contributed by atoms with Crippen molar-refractivity contribution in [3.05, 3.63) is 79.4 Å². The second-order valence-electron chi connectivity index (χ2n) is 6.44. The molecule has 1 N–H and O–H groups in total. The van der Waals surface area contributed by atoms with Gasteiger partial charge in [-0.25, -0.2) is 9.59 Å². The average molecular weight is 385 g/mol. The van der Waals surface area contributed by atoms with Crippen molar-refractivity contribution in [1.29, 1.82) is 0 Å². The molecule has 0 aliphatic carbocycles. The van der Waals surface area contributed by atoms with E-state index in [1.165, 1.54) is 6.20 Å². The Balaban J connectivity index is 2.03. The molecule has 1 aromatic heterocycles. The summed E-state index contributed by atoms with van der Waals surface area (Å²) < 4.78 is 12.7. The molecule has 1 saturated heterocycles. The van der Waals surface area contributed by atoms with E-state index >= 15 is 0 Å². The molecule has 4 atom stereocenters. The number of aromatic nitrogens is 2. The van der Waals surface area contributed by atoms with Crippen molar-refractivity contribution >= 4 is 5.97 Å². The first-order chi connectivity index (χ1) is 13.4. The molecule has 1 aliphatic heterocycles. The standard InChI is InChI=1S/C18H19N5O5/c1-3-18(21-22-19)11(2)14(27-16(25)12-7-5-4-6-8-12)15(28-18)23-10-9-13(24)20-17(23)26/h4-11,14-15H,3H2,1-2H3,(H,20,24,26)/t11-,14+,15+,18+/m0/s1. The van der Waals surface area contributed by atoms with Crippen LogP contribution in [0.2, 0.25) is 0 Å². The van der Waals surface area contributed by atoms with Crippen molar-refractivity contribution in [2.75, 3.05) is 0 Å². The van der Waals surface area contributed by atoms with E-state index in [9.17, 15) is 14.4 Å². The molecular formula is C18H19N5O5. The van der Waals surface area contributed by atoms with Gasteiger partial charge in [0.1, 0.15) is 0 Å². The number of carbonyl (C=O) groups excluding carboxylic acids is 1. The lowest BCUT2D eigenvalue weighted by Gasteiger charge is -2.26.